The van der Waals surface area contributed by atoms with Gasteiger partial charge in [-0.15, -0.1) is 11.3 Å². The van der Waals surface area contributed by atoms with E-state index < -0.39 is 5.97 Å². The first-order valence-electron chi connectivity index (χ1n) is 6.38. The van der Waals surface area contributed by atoms with Crippen LogP contribution in [0.5, 0.6) is 0 Å². The van der Waals surface area contributed by atoms with Gasteiger partial charge in [-0.3, -0.25) is 0 Å². The minimum atomic E-state index is -0.861. The van der Waals surface area contributed by atoms with E-state index in [1.54, 1.807) is 6.07 Å². The normalized spacial score (nSPS) is 11.5. The van der Waals surface area contributed by atoms with Crippen LogP contribution < -0.4 is 0 Å². The Morgan fingerprint density at radius 3 is 2.26 bits per heavy atom. The van der Waals surface area contributed by atoms with Gasteiger partial charge in [0.2, 0.25) is 0 Å². The van der Waals surface area contributed by atoms with Crippen molar-refractivity contribution in [2.45, 2.75) is 32.6 Å². The second-order valence-corrected chi connectivity index (χ2v) is 6.37. The van der Waals surface area contributed by atoms with Crippen molar-refractivity contribution in [1.82, 2.24) is 0 Å². The van der Waals surface area contributed by atoms with Crippen molar-refractivity contribution < 1.29 is 9.90 Å². The van der Waals surface area contributed by atoms with E-state index in [0.717, 1.165) is 16.9 Å². The first-order chi connectivity index (χ1) is 8.94. The lowest BCUT2D eigenvalue weighted by Gasteiger charge is -2.23. The van der Waals surface area contributed by atoms with Crippen LogP contribution in [-0.2, 0) is 5.41 Å². The van der Waals surface area contributed by atoms with E-state index >= 15 is 0 Å². The van der Waals surface area contributed by atoms with Crippen LogP contribution in [0.25, 0.3) is 10.4 Å². The Morgan fingerprint density at radius 1 is 1.16 bits per heavy atom. The summed E-state index contributed by atoms with van der Waals surface area (Å²) >= 11 is 1.31. The van der Waals surface area contributed by atoms with E-state index in [2.05, 4.69) is 45.0 Å². The van der Waals surface area contributed by atoms with E-state index in [-0.39, 0.29) is 5.41 Å². The highest BCUT2D eigenvalue weighted by Crippen LogP contribution is 2.31. The Labute approximate surface area is 117 Å². The summed E-state index contributed by atoms with van der Waals surface area (Å²) in [5.74, 6) is -0.861. The lowest BCUT2D eigenvalue weighted by molar-refractivity contribution is 0.0702. The van der Waals surface area contributed by atoms with Crippen LogP contribution in [0.3, 0.4) is 0 Å². The number of hydrogen-bond donors (Lipinski definition) is 1. The maximum absolute atomic E-state index is 10.9. The molecule has 3 heteroatoms. The average Bonchev–Trinajstić information content (AvgIpc) is 2.88. The van der Waals surface area contributed by atoms with Gasteiger partial charge in [-0.2, -0.15) is 0 Å². The number of hydrogen-bond acceptors (Lipinski definition) is 2. The molecule has 0 unspecified atom stereocenters. The molecule has 1 heterocycles. The Kier molecular flexibility index (Phi) is 3.76. The van der Waals surface area contributed by atoms with Gasteiger partial charge >= 0.3 is 5.97 Å². The third kappa shape index (κ3) is 2.87. The van der Waals surface area contributed by atoms with Crippen molar-refractivity contribution in [1.29, 1.82) is 0 Å². The van der Waals surface area contributed by atoms with Crippen molar-refractivity contribution in [3.05, 3.63) is 46.8 Å². The highest BCUT2D eigenvalue weighted by Gasteiger charge is 2.17. The molecule has 0 aliphatic carbocycles. The van der Waals surface area contributed by atoms with E-state index in [9.17, 15) is 4.79 Å². The van der Waals surface area contributed by atoms with Crippen LogP contribution in [0, 0.1) is 0 Å². The quantitative estimate of drug-likeness (QED) is 0.869. The minimum Gasteiger partial charge on any atom is -0.477 e. The maximum Gasteiger partial charge on any atom is 0.345 e. The van der Waals surface area contributed by atoms with Crippen LogP contribution in [0.4, 0.5) is 0 Å². The van der Waals surface area contributed by atoms with Gasteiger partial charge in [-0.25, -0.2) is 4.79 Å². The molecule has 0 amide bonds. The number of rotatable bonds is 4. The molecule has 1 aromatic heterocycles. The third-order valence-corrected chi connectivity index (χ3v) is 4.77. The van der Waals surface area contributed by atoms with Crippen LogP contribution in [0.1, 0.15) is 42.4 Å². The molecule has 0 aliphatic heterocycles. The van der Waals surface area contributed by atoms with Gasteiger partial charge in [0.05, 0.1) is 0 Å². The van der Waals surface area contributed by atoms with Gasteiger partial charge < -0.3 is 5.11 Å². The van der Waals surface area contributed by atoms with Crippen LogP contribution in [0.2, 0.25) is 0 Å². The van der Waals surface area contributed by atoms with E-state index in [1.165, 1.54) is 16.9 Å². The Morgan fingerprint density at radius 2 is 1.79 bits per heavy atom. The maximum atomic E-state index is 10.9. The van der Waals surface area contributed by atoms with Gasteiger partial charge in [-0.1, -0.05) is 45.0 Å². The molecule has 2 rings (SSSR count). The summed E-state index contributed by atoms with van der Waals surface area (Å²) in [6.07, 6.45) is 1.09. The summed E-state index contributed by atoms with van der Waals surface area (Å²) < 4.78 is 0. The lowest BCUT2D eigenvalue weighted by atomic mass is 9.82. The van der Waals surface area contributed by atoms with Crippen LogP contribution in [-0.4, -0.2) is 11.1 Å². The highest BCUT2D eigenvalue weighted by atomic mass is 32.1. The highest BCUT2D eigenvalue weighted by molar-refractivity contribution is 7.17. The van der Waals surface area contributed by atoms with Crippen molar-refractivity contribution >= 4 is 17.3 Å². The number of carboxylic acids is 1. The summed E-state index contributed by atoms with van der Waals surface area (Å²) in [5, 5.41) is 8.94. The molecule has 100 valence electrons. The summed E-state index contributed by atoms with van der Waals surface area (Å²) in [6, 6.07) is 12.0. The van der Waals surface area contributed by atoms with Crippen molar-refractivity contribution in [3.63, 3.8) is 0 Å². The Balaban J connectivity index is 2.29. The predicted molar refractivity (Wildman–Crippen MR) is 80.0 cm³/mol. The van der Waals surface area contributed by atoms with Gasteiger partial charge in [-0.05, 0) is 35.1 Å². The number of benzene rings is 1. The molecule has 0 radical (unpaired) electrons. The summed E-state index contributed by atoms with van der Waals surface area (Å²) in [5.41, 5.74) is 2.57. The topological polar surface area (TPSA) is 37.3 Å². The minimum absolute atomic E-state index is 0.181. The Hall–Kier alpha value is -1.61. The molecule has 2 nitrogen and oxygen atoms in total. The average molecular weight is 274 g/mol. The molecule has 0 fully saturated rings. The SMILES string of the molecule is CCC(C)(C)c1ccc(-c2ccc(C(=O)O)s2)cc1. The second kappa shape index (κ2) is 5.17. The predicted octanol–water partition coefficient (Wildman–Crippen LogP) is 4.80. The molecule has 2 aromatic rings. The van der Waals surface area contributed by atoms with Gasteiger partial charge in [0, 0.05) is 4.88 Å². The molecule has 0 saturated carbocycles. The molecule has 0 saturated heterocycles. The standard InChI is InChI=1S/C16H18O2S/c1-4-16(2,3)12-7-5-11(6-8-12)13-9-10-14(19-13)15(17)18/h5-10H,4H2,1-3H3,(H,17,18). The number of carbonyl (C=O) groups is 1. The van der Waals surface area contributed by atoms with Crippen molar-refractivity contribution in [3.8, 4) is 10.4 Å². The zero-order valence-electron chi connectivity index (χ0n) is 11.4. The second-order valence-electron chi connectivity index (χ2n) is 5.28. The molecular weight excluding hydrogens is 256 g/mol. The lowest BCUT2D eigenvalue weighted by Crippen LogP contribution is -2.14. The zero-order chi connectivity index (χ0) is 14.0. The molecule has 19 heavy (non-hydrogen) atoms. The van der Waals surface area contributed by atoms with E-state index in [4.69, 9.17) is 5.11 Å². The summed E-state index contributed by atoms with van der Waals surface area (Å²) in [6.45, 7) is 6.65. The fraction of sp³-hybridized carbons (Fsp3) is 0.312. The number of thiophene rings is 1. The van der Waals surface area contributed by atoms with E-state index in [0.29, 0.717) is 4.88 Å². The molecule has 0 spiro atoms. The van der Waals surface area contributed by atoms with Crippen LogP contribution >= 0.6 is 11.3 Å². The Bertz CT molecular complexity index is 579. The monoisotopic (exact) mass is 274 g/mol. The van der Waals surface area contributed by atoms with Gasteiger partial charge in [0.15, 0.2) is 0 Å². The molecule has 1 N–H and O–H groups in total. The molecule has 0 bridgehead atoms. The number of carboxylic acid groups (broad SMARTS) is 1. The first-order valence-corrected chi connectivity index (χ1v) is 7.20. The van der Waals surface area contributed by atoms with E-state index in [1.807, 2.05) is 6.07 Å². The molecule has 0 atom stereocenters. The smallest absolute Gasteiger partial charge is 0.345 e. The molecule has 1 aromatic carbocycles. The fourth-order valence-corrected chi connectivity index (χ4v) is 2.75. The largest absolute Gasteiger partial charge is 0.477 e. The molecule has 0 aliphatic rings. The summed E-state index contributed by atoms with van der Waals surface area (Å²) in [4.78, 5) is 12.3. The van der Waals surface area contributed by atoms with Crippen molar-refractivity contribution in [2.24, 2.45) is 0 Å². The fourth-order valence-electron chi connectivity index (χ4n) is 1.90. The van der Waals surface area contributed by atoms with Gasteiger partial charge in [0.1, 0.15) is 4.88 Å². The zero-order valence-corrected chi connectivity index (χ0v) is 12.3. The van der Waals surface area contributed by atoms with Gasteiger partial charge in [0.25, 0.3) is 0 Å². The first kappa shape index (κ1) is 13.8. The summed E-state index contributed by atoms with van der Waals surface area (Å²) in [7, 11) is 0. The molecular formula is C16H18O2S. The number of aromatic carboxylic acids is 1. The third-order valence-electron chi connectivity index (χ3n) is 3.65. The van der Waals surface area contributed by atoms with Crippen LogP contribution in [0.15, 0.2) is 36.4 Å². The van der Waals surface area contributed by atoms with Crippen molar-refractivity contribution in [2.75, 3.05) is 0 Å².